The Labute approximate surface area is 77.9 Å². The summed E-state index contributed by atoms with van der Waals surface area (Å²) in [5.41, 5.74) is 3.96. The van der Waals surface area contributed by atoms with Crippen LogP contribution in [-0.4, -0.2) is 16.7 Å². The van der Waals surface area contributed by atoms with Crippen molar-refractivity contribution in [3.05, 3.63) is 11.4 Å². The van der Waals surface area contributed by atoms with Crippen LogP contribution in [0.4, 0.5) is 5.69 Å². The first-order valence-electron chi connectivity index (χ1n) is 5.26. The lowest BCUT2D eigenvalue weighted by Crippen LogP contribution is -2.15. The van der Waals surface area contributed by atoms with Crippen LogP contribution < -0.4 is 5.32 Å². The van der Waals surface area contributed by atoms with Crippen LogP contribution in [0.1, 0.15) is 43.0 Å². The van der Waals surface area contributed by atoms with E-state index in [1.54, 1.807) is 0 Å². The van der Waals surface area contributed by atoms with E-state index in [0.29, 0.717) is 0 Å². The summed E-state index contributed by atoms with van der Waals surface area (Å²) >= 11 is 0. The maximum absolute atomic E-state index is 4.43. The molecule has 0 unspecified atom stereocenters. The Morgan fingerprint density at radius 1 is 1.23 bits per heavy atom. The summed E-state index contributed by atoms with van der Waals surface area (Å²) in [6.45, 7) is 1.12. The molecule has 1 aromatic heterocycles. The Balaban J connectivity index is 1.95. The minimum absolute atomic E-state index is 0.741. The van der Waals surface area contributed by atoms with E-state index in [-0.39, 0.29) is 0 Å². The van der Waals surface area contributed by atoms with E-state index >= 15 is 0 Å². The second-order valence-electron chi connectivity index (χ2n) is 4.12. The average molecular weight is 177 g/mol. The molecule has 0 bridgehead atoms. The fourth-order valence-corrected chi connectivity index (χ4v) is 2.23. The fraction of sp³-hybridized carbons (Fsp3) is 0.700. The third-order valence-corrected chi connectivity index (χ3v) is 3.27. The van der Waals surface area contributed by atoms with Crippen molar-refractivity contribution in [2.75, 3.05) is 11.9 Å². The van der Waals surface area contributed by atoms with Crippen LogP contribution in [0.5, 0.6) is 0 Å². The SMILES string of the molecule is C1CNc2c(C3CCC3)n[nH]c2C1. The molecular formula is C10H15N3. The summed E-state index contributed by atoms with van der Waals surface area (Å²) in [6.07, 6.45) is 6.45. The molecule has 0 saturated heterocycles. The number of aromatic amines is 1. The molecule has 70 valence electrons. The van der Waals surface area contributed by atoms with E-state index in [9.17, 15) is 0 Å². The largest absolute Gasteiger partial charge is 0.382 e. The molecular weight excluding hydrogens is 162 g/mol. The first-order chi connectivity index (χ1) is 6.45. The second kappa shape index (κ2) is 2.76. The quantitative estimate of drug-likeness (QED) is 0.689. The monoisotopic (exact) mass is 177 g/mol. The zero-order valence-corrected chi connectivity index (χ0v) is 7.77. The van der Waals surface area contributed by atoms with E-state index in [1.165, 1.54) is 49.2 Å². The van der Waals surface area contributed by atoms with Gasteiger partial charge in [0, 0.05) is 12.5 Å². The predicted octanol–water partition coefficient (Wildman–Crippen LogP) is 2.04. The molecule has 1 fully saturated rings. The number of aromatic nitrogens is 2. The number of aryl methyl sites for hydroxylation is 1. The van der Waals surface area contributed by atoms with Crippen molar-refractivity contribution in [3.8, 4) is 0 Å². The van der Waals surface area contributed by atoms with Crippen LogP contribution >= 0.6 is 0 Å². The molecule has 2 aliphatic rings. The number of fused-ring (bicyclic) bond motifs is 1. The fourth-order valence-electron chi connectivity index (χ4n) is 2.23. The van der Waals surface area contributed by atoms with Gasteiger partial charge in [-0.2, -0.15) is 5.10 Å². The van der Waals surface area contributed by atoms with Crippen LogP contribution in [0, 0.1) is 0 Å². The Morgan fingerprint density at radius 3 is 2.92 bits per heavy atom. The molecule has 1 aliphatic carbocycles. The van der Waals surface area contributed by atoms with Gasteiger partial charge in [0.05, 0.1) is 17.1 Å². The zero-order chi connectivity index (χ0) is 8.67. The molecule has 3 nitrogen and oxygen atoms in total. The molecule has 3 heteroatoms. The van der Waals surface area contributed by atoms with Crippen molar-refractivity contribution in [2.24, 2.45) is 0 Å². The summed E-state index contributed by atoms with van der Waals surface area (Å²) < 4.78 is 0. The molecule has 3 rings (SSSR count). The number of rotatable bonds is 1. The van der Waals surface area contributed by atoms with E-state index in [4.69, 9.17) is 0 Å². The van der Waals surface area contributed by atoms with E-state index < -0.39 is 0 Å². The van der Waals surface area contributed by atoms with Gasteiger partial charge in [-0.3, -0.25) is 5.10 Å². The van der Waals surface area contributed by atoms with Gasteiger partial charge in [-0.05, 0) is 25.7 Å². The minimum Gasteiger partial charge on any atom is -0.382 e. The predicted molar refractivity (Wildman–Crippen MR) is 52.0 cm³/mol. The van der Waals surface area contributed by atoms with Gasteiger partial charge >= 0.3 is 0 Å². The van der Waals surface area contributed by atoms with Crippen molar-refractivity contribution >= 4 is 5.69 Å². The van der Waals surface area contributed by atoms with Crippen molar-refractivity contribution in [1.82, 2.24) is 10.2 Å². The molecule has 0 aromatic carbocycles. The normalized spacial score (nSPS) is 21.8. The summed E-state index contributed by atoms with van der Waals surface area (Å²) in [6, 6.07) is 0. The van der Waals surface area contributed by atoms with Crippen molar-refractivity contribution in [3.63, 3.8) is 0 Å². The first kappa shape index (κ1) is 7.42. The summed E-state index contributed by atoms with van der Waals surface area (Å²) in [7, 11) is 0. The Kier molecular flexibility index (Phi) is 1.57. The zero-order valence-electron chi connectivity index (χ0n) is 7.77. The number of anilines is 1. The molecule has 1 aliphatic heterocycles. The van der Waals surface area contributed by atoms with Crippen LogP contribution in [0.15, 0.2) is 0 Å². The van der Waals surface area contributed by atoms with Gasteiger partial charge < -0.3 is 5.32 Å². The number of nitrogens with zero attached hydrogens (tertiary/aromatic N) is 1. The van der Waals surface area contributed by atoms with E-state index in [1.807, 2.05) is 0 Å². The number of hydrogen-bond acceptors (Lipinski definition) is 2. The van der Waals surface area contributed by atoms with Crippen LogP contribution in [0.3, 0.4) is 0 Å². The van der Waals surface area contributed by atoms with Crippen molar-refractivity contribution in [2.45, 2.75) is 38.0 Å². The lowest BCUT2D eigenvalue weighted by Gasteiger charge is -2.25. The van der Waals surface area contributed by atoms with Crippen LogP contribution in [0.2, 0.25) is 0 Å². The maximum Gasteiger partial charge on any atom is 0.0887 e. The van der Waals surface area contributed by atoms with Gasteiger partial charge in [0.15, 0.2) is 0 Å². The van der Waals surface area contributed by atoms with Gasteiger partial charge in [-0.25, -0.2) is 0 Å². The molecule has 0 spiro atoms. The summed E-state index contributed by atoms with van der Waals surface area (Å²) in [5, 5.41) is 11.1. The highest BCUT2D eigenvalue weighted by atomic mass is 15.2. The average Bonchev–Trinajstić information content (AvgIpc) is 2.47. The molecule has 1 aromatic rings. The molecule has 2 N–H and O–H groups in total. The molecule has 0 amide bonds. The summed E-state index contributed by atoms with van der Waals surface area (Å²) in [4.78, 5) is 0. The standard InChI is InChI=1S/C10H15N3/c1-3-7(4-1)9-10-8(12-13-9)5-2-6-11-10/h7,11H,1-6H2,(H,12,13). The number of H-pyrrole nitrogens is 1. The van der Waals surface area contributed by atoms with E-state index in [2.05, 4.69) is 15.5 Å². The van der Waals surface area contributed by atoms with Crippen molar-refractivity contribution < 1.29 is 0 Å². The third kappa shape index (κ3) is 1.06. The van der Waals surface area contributed by atoms with Crippen LogP contribution in [-0.2, 0) is 6.42 Å². The van der Waals surface area contributed by atoms with E-state index in [0.717, 1.165) is 12.5 Å². The lowest BCUT2D eigenvalue weighted by molar-refractivity contribution is 0.411. The Hall–Kier alpha value is -0.990. The highest BCUT2D eigenvalue weighted by Crippen LogP contribution is 2.40. The third-order valence-electron chi connectivity index (χ3n) is 3.27. The molecule has 0 atom stereocenters. The topological polar surface area (TPSA) is 40.7 Å². The first-order valence-corrected chi connectivity index (χ1v) is 5.26. The molecule has 1 saturated carbocycles. The highest BCUT2D eigenvalue weighted by molar-refractivity contribution is 5.55. The Morgan fingerprint density at radius 2 is 2.15 bits per heavy atom. The smallest absolute Gasteiger partial charge is 0.0887 e. The lowest BCUT2D eigenvalue weighted by atomic mass is 9.82. The number of nitrogens with one attached hydrogen (secondary N) is 2. The van der Waals surface area contributed by atoms with Gasteiger partial charge in [0.1, 0.15) is 0 Å². The highest BCUT2D eigenvalue weighted by Gasteiger charge is 2.27. The minimum atomic E-state index is 0.741. The van der Waals surface area contributed by atoms with Gasteiger partial charge in [0.2, 0.25) is 0 Å². The molecule has 13 heavy (non-hydrogen) atoms. The second-order valence-corrected chi connectivity index (χ2v) is 4.12. The van der Waals surface area contributed by atoms with Gasteiger partial charge in [0.25, 0.3) is 0 Å². The van der Waals surface area contributed by atoms with Gasteiger partial charge in [-0.15, -0.1) is 0 Å². The van der Waals surface area contributed by atoms with Gasteiger partial charge in [-0.1, -0.05) is 6.42 Å². The Bertz CT molecular complexity index is 312. The maximum atomic E-state index is 4.43. The molecule has 0 radical (unpaired) electrons. The molecule has 2 heterocycles. The number of hydrogen-bond donors (Lipinski definition) is 2. The summed E-state index contributed by atoms with van der Waals surface area (Å²) in [5.74, 6) is 0.741. The van der Waals surface area contributed by atoms with Crippen LogP contribution in [0.25, 0.3) is 0 Å². The van der Waals surface area contributed by atoms with Crippen molar-refractivity contribution in [1.29, 1.82) is 0 Å².